The van der Waals surface area contributed by atoms with Crippen LogP contribution in [-0.2, 0) is 11.2 Å². The highest BCUT2D eigenvalue weighted by molar-refractivity contribution is 6.30. The van der Waals surface area contributed by atoms with Gasteiger partial charge in [0.25, 0.3) is 0 Å². The lowest BCUT2D eigenvalue weighted by atomic mass is 9.97. The second-order valence-corrected chi connectivity index (χ2v) is 9.26. The maximum atomic E-state index is 13.3. The summed E-state index contributed by atoms with van der Waals surface area (Å²) >= 11 is 6.05. The number of carbonyl (C=O) groups is 1. The third kappa shape index (κ3) is 5.55. The van der Waals surface area contributed by atoms with Crippen LogP contribution in [0.2, 0.25) is 5.02 Å². The molecule has 3 heterocycles. The van der Waals surface area contributed by atoms with Gasteiger partial charge in [-0.25, -0.2) is 10.2 Å². The summed E-state index contributed by atoms with van der Waals surface area (Å²) in [5.41, 5.74) is 3.83. The Balaban J connectivity index is 1.50. The Labute approximate surface area is 200 Å². The minimum atomic E-state index is -0.00778. The molecule has 0 saturated carbocycles. The maximum Gasteiger partial charge on any atom is 0.223 e. The van der Waals surface area contributed by atoms with Crippen LogP contribution in [0.3, 0.4) is 0 Å². The average Bonchev–Trinajstić information content (AvgIpc) is 3.28. The van der Waals surface area contributed by atoms with Crippen molar-refractivity contribution in [3.05, 3.63) is 70.3 Å². The van der Waals surface area contributed by atoms with Gasteiger partial charge in [-0.3, -0.25) is 14.7 Å². The van der Waals surface area contributed by atoms with Crippen LogP contribution in [-0.4, -0.2) is 65.0 Å². The van der Waals surface area contributed by atoms with Crippen molar-refractivity contribution in [1.82, 2.24) is 19.8 Å². The summed E-state index contributed by atoms with van der Waals surface area (Å²) in [5.74, 6) is 0.169. The Morgan fingerprint density at radius 1 is 1.30 bits per heavy atom. The summed E-state index contributed by atoms with van der Waals surface area (Å²) in [4.78, 5) is 20.6. The molecule has 33 heavy (non-hydrogen) atoms. The molecule has 2 aliphatic rings. The van der Waals surface area contributed by atoms with Gasteiger partial charge in [0.2, 0.25) is 5.91 Å². The highest BCUT2D eigenvalue weighted by Gasteiger charge is 2.31. The number of hydrogen-bond donors (Lipinski definition) is 1. The van der Waals surface area contributed by atoms with Gasteiger partial charge in [-0.1, -0.05) is 23.7 Å². The second-order valence-electron chi connectivity index (χ2n) is 8.83. The van der Waals surface area contributed by atoms with Crippen molar-refractivity contribution in [2.75, 3.05) is 33.2 Å². The van der Waals surface area contributed by atoms with E-state index < -0.39 is 0 Å². The molecule has 7 nitrogen and oxygen atoms in total. The molecular weight excluding hydrogens is 438 g/mol. The molecule has 1 fully saturated rings. The first-order chi connectivity index (χ1) is 16.0. The number of fused-ring (bicyclic) bond motifs is 1. The first-order valence-electron chi connectivity index (χ1n) is 11.6. The van der Waals surface area contributed by atoms with Crippen molar-refractivity contribution in [1.29, 1.82) is 0 Å². The number of amides is 1. The molecule has 0 spiro atoms. The monoisotopic (exact) mass is 469 g/mol. The Hall–Kier alpha value is -2.45. The zero-order chi connectivity index (χ0) is 23.4. The van der Waals surface area contributed by atoms with Gasteiger partial charge in [-0.05, 0) is 62.1 Å². The standard InChI is InChI=1S/C25H32ClN5O2/c1-3-28(2)25(32)11-14-29-13-4-5-22(29)18-30-17-20(15-19-6-8-21(26)9-7-19)23-10-12-27-16-24(23)31(30)33/h6-10,12,16-17,22,31H,3-5,11,13-15,18H2,1-2H3/t22-/m1/s1. The van der Waals surface area contributed by atoms with E-state index in [4.69, 9.17) is 11.6 Å². The van der Waals surface area contributed by atoms with Crippen molar-refractivity contribution in [2.24, 2.45) is 0 Å². The summed E-state index contributed by atoms with van der Waals surface area (Å²) in [6.45, 7) is 5.03. The van der Waals surface area contributed by atoms with Crippen molar-refractivity contribution in [3.63, 3.8) is 0 Å². The Morgan fingerprint density at radius 3 is 2.85 bits per heavy atom. The number of aromatic nitrogens is 1. The lowest BCUT2D eigenvalue weighted by molar-refractivity contribution is -0.903. The van der Waals surface area contributed by atoms with Gasteiger partial charge in [0.1, 0.15) is 0 Å². The number of carbonyl (C=O) groups excluding carboxylic acids is 1. The highest BCUT2D eigenvalue weighted by Crippen LogP contribution is 2.28. The van der Waals surface area contributed by atoms with E-state index in [-0.39, 0.29) is 17.1 Å². The van der Waals surface area contributed by atoms with Gasteiger partial charge in [0.15, 0.2) is 5.69 Å². The van der Waals surface area contributed by atoms with Gasteiger partial charge in [-0.2, -0.15) is 0 Å². The smallest absolute Gasteiger partial charge is 0.223 e. The van der Waals surface area contributed by atoms with Crippen LogP contribution >= 0.6 is 11.6 Å². The van der Waals surface area contributed by atoms with E-state index in [0.29, 0.717) is 30.1 Å². The first kappa shape index (κ1) is 23.7. The largest absolute Gasteiger partial charge is 0.603 e. The first-order valence-corrected chi connectivity index (χ1v) is 12.0. The Kier molecular flexibility index (Phi) is 7.65. The van der Waals surface area contributed by atoms with Gasteiger partial charge in [0, 0.05) is 49.4 Å². The zero-order valence-corrected chi connectivity index (χ0v) is 20.1. The number of nitrogens with zero attached hydrogens (tertiary/aromatic N) is 4. The summed E-state index contributed by atoms with van der Waals surface area (Å²) in [5, 5.41) is 15.8. The van der Waals surface area contributed by atoms with Crippen molar-refractivity contribution in [2.45, 2.75) is 38.6 Å². The van der Waals surface area contributed by atoms with Gasteiger partial charge in [0.05, 0.1) is 18.9 Å². The van der Waals surface area contributed by atoms with E-state index in [9.17, 15) is 10.0 Å². The van der Waals surface area contributed by atoms with Crippen molar-refractivity contribution >= 4 is 28.8 Å². The molecule has 1 unspecified atom stereocenters. The summed E-state index contributed by atoms with van der Waals surface area (Å²) < 4.78 is 0. The molecule has 0 radical (unpaired) electrons. The van der Waals surface area contributed by atoms with E-state index in [2.05, 4.69) is 9.88 Å². The number of benzene rings is 1. The third-order valence-corrected chi connectivity index (χ3v) is 6.95. The van der Waals surface area contributed by atoms with E-state index in [1.807, 2.05) is 55.5 Å². The number of allylic oxidation sites excluding steroid dienone is 1. The van der Waals surface area contributed by atoms with E-state index in [0.717, 1.165) is 49.2 Å². The summed E-state index contributed by atoms with van der Waals surface area (Å²) in [7, 11) is 1.84. The fourth-order valence-corrected chi connectivity index (χ4v) is 4.77. The zero-order valence-electron chi connectivity index (χ0n) is 19.3. The summed E-state index contributed by atoms with van der Waals surface area (Å²) in [6.07, 6.45) is 8.76. The normalized spacial score (nSPS) is 20.5. The molecule has 2 aliphatic heterocycles. The quantitative estimate of drug-likeness (QED) is 0.602. The molecule has 1 saturated heterocycles. The van der Waals surface area contributed by atoms with E-state index in [1.165, 1.54) is 0 Å². The third-order valence-electron chi connectivity index (χ3n) is 6.70. The molecule has 2 aromatic rings. The number of nitrogens with one attached hydrogen (secondary N) is 1. The maximum absolute atomic E-state index is 13.3. The molecule has 176 valence electrons. The number of pyridine rings is 1. The van der Waals surface area contributed by atoms with Crippen molar-refractivity contribution in [3.8, 4) is 0 Å². The number of rotatable bonds is 8. The number of quaternary nitrogens is 1. The molecule has 0 bridgehead atoms. The number of halogens is 1. The molecule has 2 atom stereocenters. The number of likely N-dealkylation sites (tertiary alicyclic amines) is 1. The fraction of sp³-hybridized carbons (Fsp3) is 0.440. The average molecular weight is 470 g/mol. The predicted molar refractivity (Wildman–Crippen MR) is 131 cm³/mol. The van der Waals surface area contributed by atoms with Crippen LogP contribution in [0.5, 0.6) is 0 Å². The molecule has 1 amide bonds. The molecular formula is C25H32ClN5O2. The van der Waals surface area contributed by atoms with Crippen LogP contribution in [0, 0.1) is 5.21 Å². The van der Waals surface area contributed by atoms with Gasteiger partial charge >= 0.3 is 0 Å². The van der Waals surface area contributed by atoms with Crippen LogP contribution < -0.4 is 5.17 Å². The molecule has 1 N–H and O–H groups in total. The van der Waals surface area contributed by atoms with Gasteiger partial charge in [-0.15, -0.1) is 0 Å². The van der Waals surface area contributed by atoms with Crippen LogP contribution in [0.15, 0.2) is 48.9 Å². The SMILES string of the molecule is CCN(C)C(=O)CCN1CCC[C@@H]1CN1C=C(Cc2ccc(Cl)cc2)c2ccncc2[NH+]1[O-]. The van der Waals surface area contributed by atoms with Crippen LogP contribution in [0.1, 0.15) is 37.3 Å². The van der Waals surface area contributed by atoms with Crippen molar-refractivity contribution < 1.29 is 9.97 Å². The van der Waals surface area contributed by atoms with E-state index in [1.54, 1.807) is 17.3 Å². The Bertz CT molecular complexity index is 997. The second kappa shape index (κ2) is 10.7. The van der Waals surface area contributed by atoms with Crippen LogP contribution in [0.4, 0.5) is 5.69 Å². The lowest BCUT2D eigenvalue weighted by Gasteiger charge is -2.40. The van der Waals surface area contributed by atoms with E-state index >= 15 is 0 Å². The van der Waals surface area contributed by atoms with Crippen LogP contribution in [0.25, 0.3) is 5.57 Å². The molecule has 0 aliphatic carbocycles. The molecule has 4 rings (SSSR count). The Morgan fingerprint density at radius 2 is 2.09 bits per heavy atom. The summed E-state index contributed by atoms with van der Waals surface area (Å²) in [6, 6.07) is 10.0. The predicted octanol–water partition coefficient (Wildman–Crippen LogP) is 2.90. The topological polar surface area (TPSA) is 67.2 Å². The molecule has 8 heteroatoms. The minimum Gasteiger partial charge on any atom is -0.603 e. The fourth-order valence-electron chi connectivity index (χ4n) is 4.64. The van der Waals surface area contributed by atoms with Gasteiger partial charge < -0.3 is 10.1 Å². The highest BCUT2D eigenvalue weighted by atomic mass is 35.5. The number of hydrogen-bond acceptors (Lipinski definition) is 5. The molecule has 1 aromatic carbocycles. The molecule has 1 aromatic heterocycles. The lowest BCUT2D eigenvalue weighted by Crippen LogP contribution is -3.09. The minimum absolute atomic E-state index is 0.00778.